The summed E-state index contributed by atoms with van der Waals surface area (Å²) in [5, 5.41) is 9.73. The largest absolute Gasteiger partial charge is 0.462 e. The Morgan fingerprint density at radius 3 is 0.652 bits per heavy atom. The van der Waals surface area contributed by atoms with Crippen molar-refractivity contribution >= 4 is 11.9 Å². The van der Waals surface area contributed by atoms with E-state index in [-0.39, 0.29) is 25.2 Å². The van der Waals surface area contributed by atoms with E-state index >= 15 is 0 Å². The van der Waals surface area contributed by atoms with Gasteiger partial charge in [-0.15, -0.1) is 0 Å². The van der Waals surface area contributed by atoms with Crippen LogP contribution in [0.15, 0.2) is 134 Å². The monoisotopic (exact) mass is 1280 g/mol. The van der Waals surface area contributed by atoms with Crippen molar-refractivity contribution in [1.29, 1.82) is 0 Å². The van der Waals surface area contributed by atoms with E-state index < -0.39 is 6.10 Å². The Morgan fingerprint density at radius 2 is 0.435 bits per heavy atom. The third-order valence-corrected chi connectivity index (χ3v) is 17.4. The lowest BCUT2D eigenvalue weighted by Gasteiger charge is -2.15. The van der Waals surface area contributed by atoms with Crippen LogP contribution in [-0.2, 0) is 19.1 Å². The van der Waals surface area contributed by atoms with Crippen LogP contribution in [0.5, 0.6) is 0 Å². The van der Waals surface area contributed by atoms with Gasteiger partial charge in [-0.2, -0.15) is 0 Å². The molecule has 0 saturated carbocycles. The van der Waals surface area contributed by atoms with Crippen molar-refractivity contribution in [3.05, 3.63) is 134 Å². The molecule has 0 bridgehead atoms. The molecule has 0 aliphatic carbocycles. The predicted molar refractivity (Wildman–Crippen MR) is 408 cm³/mol. The number of ether oxygens (including phenoxy) is 2. The minimum atomic E-state index is -0.777. The van der Waals surface area contributed by atoms with Gasteiger partial charge in [0.25, 0.3) is 0 Å². The number of aliphatic hydroxyl groups is 1. The Morgan fingerprint density at radius 1 is 0.250 bits per heavy atom. The molecule has 1 unspecified atom stereocenters. The Hall–Kier alpha value is -3.96. The molecule has 0 radical (unpaired) electrons. The highest BCUT2D eigenvalue weighted by Crippen LogP contribution is 2.19. The molecule has 0 aromatic rings. The van der Waals surface area contributed by atoms with Crippen LogP contribution in [0, 0.1) is 0 Å². The summed E-state index contributed by atoms with van der Waals surface area (Å²) in [5.74, 6) is -0.574. The highest BCUT2D eigenvalue weighted by Gasteiger charge is 2.16. The van der Waals surface area contributed by atoms with Crippen molar-refractivity contribution in [3.63, 3.8) is 0 Å². The maximum atomic E-state index is 12.4. The first-order valence-corrected chi connectivity index (χ1v) is 39.7. The third kappa shape index (κ3) is 78.5. The van der Waals surface area contributed by atoms with Crippen LogP contribution in [0.25, 0.3) is 0 Å². The van der Waals surface area contributed by atoms with Crippen LogP contribution in [0.2, 0.25) is 0 Å². The van der Waals surface area contributed by atoms with Crippen molar-refractivity contribution in [2.75, 3.05) is 13.2 Å². The van der Waals surface area contributed by atoms with Gasteiger partial charge in [0.2, 0.25) is 0 Å². The number of aliphatic hydroxyl groups excluding tert-OH is 1. The molecule has 0 aliphatic heterocycles. The smallest absolute Gasteiger partial charge is 0.306 e. The summed E-state index contributed by atoms with van der Waals surface area (Å²) >= 11 is 0. The van der Waals surface area contributed by atoms with E-state index in [1.807, 2.05) is 0 Å². The van der Waals surface area contributed by atoms with Gasteiger partial charge in [-0.3, -0.25) is 9.59 Å². The van der Waals surface area contributed by atoms with E-state index in [1.54, 1.807) is 0 Å². The maximum absolute atomic E-state index is 12.4. The molecule has 92 heavy (non-hydrogen) atoms. The van der Waals surface area contributed by atoms with E-state index in [0.717, 1.165) is 109 Å². The summed E-state index contributed by atoms with van der Waals surface area (Å²) in [6.45, 7) is 3.95. The SMILES string of the molecule is CC/C=C\C/C=C\C/C=C\C/C=C\C/C=C\C/C=C\C/C=C\CCCCCCCCCCCCCCCCCCCC(=O)OC(CO)COC(=O)CCCCCCCCCCCCCCCCCCCCCCCCCCCC/C=C\C/C=C\C/C=C\C/C=C\CC. The van der Waals surface area contributed by atoms with E-state index in [4.69, 9.17) is 9.47 Å². The normalized spacial score (nSPS) is 12.9. The van der Waals surface area contributed by atoms with Crippen molar-refractivity contribution in [2.24, 2.45) is 0 Å². The first-order chi connectivity index (χ1) is 45.6. The fourth-order valence-corrected chi connectivity index (χ4v) is 11.6. The Labute approximate surface area is 572 Å². The Bertz CT molecular complexity index is 1840. The zero-order valence-corrected chi connectivity index (χ0v) is 60.8. The second-order valence-electron chi connectivity index (χ2n) is 26.4. The van der Waals surface area contributed by atoms with Gasteiger partial charge in [0.05, 0.1) is 6.61 Å². The minimum absolute atomic E-state index is 0.0649. The third-order valence-electron chi connectivity index (χ3n) is 17.4. The molecule has 0 aliphatic rings. The number of unbranched alkanes of at least 4 members (excludes halogenated alkanes) is 43. The average Bonchev–Trinajstić information content (AvgIpc) is 3.75. The Balaban J connectivity index is 3.42. The summed E-state index contributed by atoms with van der Waals surface area (Å²) in [5.41, 5.74) is 0. The molecule has 0 fully saturated rings. The quantitative estimate of drug-likeness (QED) is 0.0373. The molecule has 528 valence electrons. The lowest BCUT2D eigenvalue weighted by atomic mass is 10.0. The van der Waals surface area contributed by atoms with E-state index in [2.05, 4.69) is 148 Å². The van der Waals surface area contributed by atoms with Crippen molar-refractivity contribution < 1.29 is 24.2 Å². The topological polar surface area (TPSA) is 72.8 Å². The van der Waals surface area contributed by atoms with Gasteiger partial charge in [0.1, 0.15) is 6.61 Å². The first-order valence-electron chi connectivity index (χ1n) is 39.7. The van der Waals surface area contributed by atoms with Crippen molar-refractivity contribution in [2.45, 2.75) is 392 Å². The molecule has 0 saturated heterocycles. The number of rotatable bonds is 73. The zero-order valence-electron chi connectivity index (χ0n) is 60.8. The van der Waals surface area contributed by atoms with Crippen LogP contribution in [0.4, 0.5) is 0 Å². The van der Waals surface area contributed by atoms with Crippen LogP contribution >= 0.6 is 0 Å². The fourth-order valence-electron chi connectivity index (χ4n) is 11.6. The lowest BCUT2D eigenvalue weighted by molar-refractivity contribution is -0.161. The van der Waals surface area contributed by atoms with Crippen molar-refractivity contribution in [1.82, 2.24) is 0 Å². The minimum Gasteiger partial charge on any atom is -0.462 e. The van der Waals surface area contributed by atoms with Crippen LogP contribution in [-0.4, -0.2) is 36.4 Å². The second-order valence-corrected chi connectivity index (χ2v) is 26.4. The maximum Gasteiger partial charge on any atom is 0.306 e. The van der Waals surface area contributed by atoms with Gasteiger partial charge < -0.3 is 14.6 Å². The number of hydrogen-bond donors (Lipinski definition) is 1. The molecule has 0 rings (SSSR count). The van der Waals surface area contributed by atoms with Crippen LogP contribution < -0.4 is 0 Å². The molecule has 0 amide bonds. The summed E-state index contributed by atoms with van der Waals surface area (Å²) in [7, 11) is 0. The lowest BCUT2D eigenvalue weighted by Crippen LogP contribution is -2.28. The van der Waals surface area contributed by atoms with Gasteiger partial charge in [-0.05, 0) is 109 Å². The molecule has 0 aromatic carbocycles. The van der Waals surface area contributed by atoms with Gasteiger partial charge >= 0.3 is 11.9 Å². The fraction of sp³-hybridized carbons (Fsp3) is 0.724. The molecule has 0 spiro atoms. The van der Waals surface area contributed by atoms with Crippen LogP contribution in [0.1, 0.15) is 386 Å². The molecular weight excluding hydrogens is 1120 g/mol. The molecule has 0 aromatic heterocycles. The second kappa shape index (κ2) is 81.3. The van der Waals surface area contributed by atoms with Crippen molar-refractivity contribution in [3.8, 4) is 0 Å². The summed E-state index contributed by atoms with van der Waals surface area (Å²) in [6.07, 6.45) is 121. The standard InChI is InChI=1S/C87H150O5/c1-3-5-7-9-11-13-15-17-19-21-23-25-27-29-31-33-35-37-39-41-43-45-47-49-51-53-55-57-59-61-63-65-67-69-71-73-75-77-79-81-86(89)91-84-85(83-88)92-87(90)82-80-78-76-74-72-70-68-66-64-62-60-58-56-54-52-50-48-46-44-42-40-38-36-34-32-30-28-26-24-22-20-18-16-14-12-10-8-6-4-2/h5-8,11-14,17-20,23-26,30,32,36,38,42,44,85,88H,3-4,9-10,15-16,21-22,27-29,31,33-35,37,39-41,43,45-84H2,1-2H3/b7-5-,8-6-,13-11-,14-12-,19-17-,20-18-,25-23-,26-24-,32-30-,38-36-,44-42-. The van der Waals surface area contributed by atoms with Gasteiger partial charge in [0, 0.05) is 12.8 Å². The molecular formula is C87H150O5. The van der Waals surface area contributed by atoms with E-state index in [1.165, 1.54) is 250 Å². The number of esters is 2. The predicted octanol–water partition coefficient (Wildman–Crippen LogP) is 28.2. The molecule has 0 heterocycles. The first kappa shape index (κ1) is 88.0. The number of carbonyl (C=O) groups excluding carboxylic acids is 2. The summed E-state index contributed by atoms with van der Waals surface area (Å²) in [4.78, 5) is 24.7. The highest BCUT2D eigenvalue weighted by molar-refractivity contribution is 5.70. The number of allylic oxidation sites excluding steroid dienone is 22. The number of hydrogen-bond acceptors (Lipinski definition) is 5. The van der Waals surface area contributed by atoms with E-state index in [0.29, 0.717) is 12.8 Å². The van der Waals surface area contributed by atoms with Gasteiger partial charge in [0.15, 0.2) is 6.10 Å². The molecule has 5 nitrogen and oxygen atoms in total. The Kier molecular flexibility index (Phi) is 77.8. The zero-order chi connectivity index (χ0) is 66.1. The van der Waals surface area contributed by atoms with E-state index in [9.17, 15) is 14.7 Å². The summed E-state index contributed by atoms with van der Waals surface area (Å²) in [6, 6.07) is 0. The van der Waals surface area contributed by atoms with Gasteiger partial charge in [-0.1, -0.05) is 398 Å². The summed E-state index contributed by atoms with van der Waals surface area (Å²) < 4.78 is 10.8. The van der Waals surface area contributed by atoms with Crippen LogP contribution in [0.3, 0.4) is 0 Å². The molecule has 5 heteroatoms. The molecule has 1 N–H and O–H groups in total. The number of carbonyl (C=O) groups is 2. The molecule has 1 atom stereocenters. The highest BCUT2D eigenvalue weighted by atomic mass is 16.6. The van der Waals surface area contributed by atoms with Gasteiger partial charge in [-0.25, -0.2) is 0 Å². The average molecular weight is 1280 g/mol.